The minimum atomic E-state index is -0.846. The van der Waals surface area contributed by atoms with Crippen molar-refractivity contribution >= 4 is 28.5 Å². The van der Waals surface area contributed by atoms with Gasteiger partial charge in [-0.15, -0.1) is 0 Å². The summed E-state index contributed by atoms with van der Waals surface area (Å²) < 4.78 is 10.3. The number of benzene rings is 2. The first-order valence-electron chi connectivity index (χ1n) is 7.56. The molecule has 2 amide bonds. The molecular formula is C18H15N3O5. The van der Waals surface area contributed by atoms with Crippen LogP contribution in [-0.4, -0.2) is 18.9 Å². The molecule has 0 atom stereocenters. The monoisotopic (exact) mass is 353 g/mol. The third kappa shape index (κ3) is 3.34. The van der Waals surface area contributed by atoms with E-state index in [0.717, 1.165) is 0 Å². The Kier molecular flexibility index (Phi) is 4.57. The molecule has 2 aromatic carbocycles. The standard InChI is InChI=1S/C18H15N3O5/c1-25-14-4-2-3-11-9-13(18(24)26-15(11)14)17(23)21-20-16(22)10-5-7-12(19)8-6-10/h2-9H,19H2,1H3,(H,20,22)(H,21,23). The molecule has 0 spiro atoms. The second-order valence-corrected chi connectivity index (χ2v) is 5.36. The van der Waals surface area contributed by atoms with Crippen LogP contribution in [0.5, 0.6) is 5.75 Å². The molecule has 0 unspecified atom stereocenters. The first kappa shape index (κ1) is 17.0. The number of amides is 2. The number of ether oxygens (including phenoxy) is 1. The highest BCUT2D eigenvalue weighted by Crippen LogP contribution is 2.24. The van der Waals surface area contributed by atoms with Crippen LogP contribution in [0.4, 0.5) is 5.69 Å². The lowest BCUT2D eigenvalue weighted by Gasteiger charge is -2.08. The Labute approximate surface area is 147 Å². The Morgan fingerprint density at radius 2 is 1.73 bits per heavy atom. The number of hydrogen-bond donors (Lipinski definition) is 3. The minimum Gasteiger partial charge on any atom is -0.493 e. The summed E-state index contributed by atoms with van der Waals surface area (Å²) in [6.07, 6.45) is 0. The van der Waals surface area contributed by atoms with Crippen LogP contribution in [0.1, 0.15) is 20.7 Å². The average molecular weight is 353 g/mol. The summed E-state index contributed by atoms with van der Waals surface area (Å²) in [4.78, 5) is 36.3. The number of hydrogen-bond acceptors (Lipinski definition) is 6. The molecule has 0 aliphatic rings. The number of hydrazine groups is 1. The molecule has 1 aromatic heterocycles. The van der Waals surface area contributed by atoms with Crippen molar-refractivity contribution < 1.29 is 18.7 Å². The summed E-state index contributed by atoms with van der Waals surface area (Å²) in [7, 11) is 1.45. The van der Waals surface area contributed by atoms with Gasteiger partial charge in [0.15, 0.2) is 11.3 Å². The molecule has 0 saturated heterocycles. The topological polar surface area (TPSA) is 124 Å². The quantitative estimate of drug-likeness (QED) is 0.372. The van der Waals surface area contributed by atoms with Crippen LogP contribution in [0, 0.1) is 0 Å². The van der Waals surface area contributed by atoms with Gasteiger partial charge in [-0.05, 0) is 36.4 Å². The molecule has 3 rings (SSSR count). The van der Waals surface area contributed by atoms with Crippen LogP contribution < -0.4 is 26.9 Å². The maximum Gasteiger partial charge on any atom is 0.349 e. The van der Waals surface area contributed by atoms with E-state index in [0.29, 0.717) is 22.4 Å². The molecule has 8 heteroatoms. The molecule has 0 aliphatic carbocycles. The predicted octanol–water partition coefficient (Wildman–Crippen LogP) is 1.46. The van der Waals surface area contributed by atoms with Crippen LogP contribution in [0.3, 0.4) is 0 Å². The maximum absolute atomic E-state index is 12.2. The van der Waals surface area contributed by atoms with Crippen molar-refractivity contribution in [2.75, 3.05) is 12.8 Å². The fraction of sp³-hybridized carbons (Fsp3) is 0.0556. The first-order chi connectivity index (χ1) is 12.5. The van der Waals surface area contributed by atoms with Gasteiger partial charge in [-0.25, -0.2) is 4.79 Å². The highest BCUT2D eigenvalue weighted by atomic mass is 16.5. The molecule has 0 aliphatic heterocycles. The largest absolute Gasteiger partial charge is 0.493 e. The van der Waals surface area contributed by atoms with Crippen molar-refractivity contribution in [3.05, 3.63) is 70.1 Å². The van der Waals surface area contributed by atoms with Gasteiger partial charge in [0.1, 0.15) is 5.56 Å². The van der Waals surface area contributed by atoms with Gasteiger partial charge in [0, 0.05) is 16.6 Å². The molecule has 0 bridgehead atoms. The van der Waals surface area contributed by atoms with Crippen molar-refractivity contribution in [1.82, 2.24) is 10.9 Å². The average Bonchev–Trinajstić information content (AvgIpc) is 2.65. The fourth-order valence-corrected chi connectivity index (χ4v) is 2.32. The zero-order valence-electron chi connectivity index (χ0n) is 13.7. The van der Waals surface area contributed by atoms with Gasteiger partial charge in [0.25, 0.3) is 11.8 Å². The van der Waals surface area contributed by atoms with E-state index in [4.69, 9.17) is 14.9 Å². The predicted molar refractivity (Wildman–Crippen MR) is 94.8 cm³/mol. The number of nitrogens with one attached hydrogen (secondary N) is 2. The first-order valence-corrected chi connectivity index (χ1v) is 7.56. The lowest BCUT2D eigenvalue weighted by Crippen LogP contribution is -2.43. The third-order valence-corrected chi connectivity index (χ3v) is 3.65. The van der Waals surface area contributed by atoms with E-state index in [9.17, 15) is 14.4 Å². The van der Waals surface area contributed by atoms with E-state index in [1.807, 2.05) is 0 Å². The molecule has 8 nitrogen and oxygen atoms in total. The van der Waals surface area contributed by atoms with Crippen molar-refractivity contribution in [2.24, 2.45) is 0 Å². The van der Waals surface area contributed by atoms with Gasteiger partial charge in [0.05, 0.1) is 7.11 Å². The molecular weight excluding hydrogens is 338 g/mol. The minimum absolute atomic E-state index is 0.238. The number of nitrogens with two attached hydrogens (primary N) is 1. The van der Waals surface area contributed by atoms with Crippen LogP contribution in [0.2, 0.25) is 0 Å². The SMILES string of the molecule is COc1cccc2cc(C(=O)NNC(=O)c3ccc(N)cc3)c(=O)oc12. The van der Waals surface area contributed by atoms with Gasteiger partial charge < -0.3 is 14.9 Å². The summed E-state index contributed by atoms with van der Waals surface area (Å²) in [5.41, 5.74) is 9.92. The van der Waals surface area contributed by atoms with Crippen molar-refractivity contribution in [3.63, 3.8) is 0 Å². The highest BCUT2D eigenvalue weighted by molar-refractivity contribution is 6.00. The normalized spacial score (nSPS) is 10.3. The Morgan fingerprint density at radius 1 is 1.04 bits per heavy atom. The number of rotatable bonds is 3. The van der Waals surface area contributed by atoms with Crippen LogP contribution in [0.15, 0.2) is 57.7 Å². The lowest BCUT2D eigenvalue weighted by molar-refractivity contribution is 0.0844. The summed E-state index contributed by atoms with van der Waals surface area (Å²) in [6, 6.07) is 12.5. The Morgan fingerprint density at radius 3 is 2.42 bits per heavy atom. The van der Waals surface area contributed by atoms with Gasteiger partial charge in [-0.2, -0.15) is 0 Å². The van der Waals surface area contributed by atoms with E-state index in [1.54, 1.807) is 30.3 Å². The number of para-hydroxylation sites is 1. The number of carbonyl (C=O) groups excluding carboxylic acids is 2. The summed E-state index contributed by atoms with van der Waals surface area (Å²) in [6.45, 7) is 0. The summed E-state index contributed by atoms with van der Waals surface area (Å²) in [5.74, 6) is -0.972. The van der Waals surface area contributed by atoms with Crippen molar-refractivity contribution in [3.8, 4) is 5.75 Å². The van der Waals surface area contributed by atoms with Gasteiger partial charge >= 0.3 is 5.63 Å². The van der Waals surface area contributed by atoms with E-state index in [2.05, 4.69) is 10.9 Å². The Hall–Kier alpha value is -3.81. The molecule has 0 saturated carbocycles. The number of fused-ring (bicyclic) bond motifs is 1. The van der Waals surface area contributed by atoms with Crippen LogP contribution >= 0.6 is 0 Å². The van der Waals surface area contributed by atoms with E-state index in [1.165, 1.54) is 25.3 Å². The van der Waals surface area contributed by atoms with E-state index in [-0.39, 0.29) is 11.1 Å². The zero-order valence-corrected chi connectivity index (χ0v) is 13.7. The molecule has 1 heterocycles. The smallest absolute Gasteiger partial charge is 0.349 e. The number of nitrogen functional groups attached to an aromatic ring is 1. The molecule has 0 radical (unpaired) electrons. The Bertz CT molecular complexity index is 1040. The zero-order chi connectivity index (χ0) is 18.7. The van der Waals surface area contributed by atoms with E-state index < -0.39 is 17.4 Å². The second kappa shape index (κ2) is 6.98. The van der Waals surface area contributed by atoms with Crippen LogP contribution in [0.25, 0.3) is 11.0 Å². The number of methoxy groups -OCH3 is 1. The van der Waals surface area contributed by atoms with Gasteiger partial charge in [-0.1, -0.05) is 12.1 Å². The molecule has 3 aromatic rings. The highest BCUT2D eigenvalue weighted by Gasteiger charge is 2.16. The fourth-order valence-electron chi connectivity index (χ4n) is 2.32. The van der Waals surface area contributed by atoms with Crippen LogP contribution in [-0.2, 0) is 0 Å². The van der Waals surface area contributed by atoms with Crippen molar-refractivity contribution in [1.29, 1.82) is 0 Å². The second-order valence-electron chi connectivity index (χ2n) is 5.36. The molecule has 0 fully saturated rings. The number of carbonyl (C=O) groups is 2. The molecule has 132 valence electrons. The summed E-state index contributed by atoms with van der Waals surface area (Å²) in [5, 5.41) is 0.513. The summed E-state index contributed by atoms with van der Waals surface area (Å²) >= 11 is 0. The number of anilines is 1. The maximum atomic E-state index is 12.2. The molecule has 4 N–H and O–H groups in total. The van der Waals surface area contributed by atoms with Gasteiger partial charge in [0.2, 0.25) is 0 Å². The Balaban J connectivity index is 1.79. The molecule has 26 heavy (non-hydrogen) atoms. The lowest BCUT2D eigenvalue weighted by atomic mass is 10.1. The van der Waals surface area contributed by atoms with Gasteiger partial charge in [-0.3, -0.25) is 20.4 Å². The van der Waals surface area contributed by atoms with E-state index >= 15 is 0 Å². The third-order valence-electron chi connectivity index (χ3n) is 3.65. The van der Waals surface area contributed by atoms with Crippen molar-refractivity contribution in [2.45, 2.75) is 0 Å².